The summed E-state index contributed by atoms with van der Waals surface area (Å²) < 4.78 is 1.98. The van der Waals surface area contributed by atoms with Crippen LogP contribution in [0.4, 0.5) is 0 Å². The van der Waals surface area contributed by atoms with Crippen LogP contribution in [0.15, 0.2) is 6.20 Å². The van der Waals surface area contributed by atoms with E-state index in [0.29, 0.717) is 5.02 Å². The maximum absolute atomic E-state index is 6.41. The largest absolute Gasteiger partial charge is 0.296 e. The molecule has 0 saturated carbocycles. The minimum absolute atomic E-state index is 0.0658. The summed E-state index contributed by atoms with van der Waals surface area (Å²) in [4.78, 5) is 2.43. The van der Waals surface area contributed by atoms with Gasteiger partial charge in [0.15, 0.2) is 0 Å². The van der Waals surface area contributed by atoms with Gasteiger partial charge in [0.25, 0.3) is 0 Å². The summed E-state index contributed by atoms with van der Waals surface area (Å²) in [6.45, 7) is 13.7. The average molecular weight is 316 g/mol. The Balaban J connectivity index is 3.30. The van der Waals surface area contributed by atoms with E-state index in [9.17, 15) is 0 Å². The van der Waals surface area contributed by atoms with Crippen molar-refractivity contribution in [1.82, 2.24) is 20.1 Å². The Kier molecular flexibility index (Phi) is 7.13. The van der Waals surface area contributed by atoms with E-state index >= 15 is 0 Å². The van der Waals surface area contributed by atoms with Crippen LogP contribution in [0, 0.1) is 0 Å². The first-order valence-corrected chi connectivity index (χ1v) is 8.30. The van der Waals surface area contributed by atoms with Gasteiger partial charge >= 0.3 is 0 Å². The lowest BCUT2D eigenvalue weighted by molar-refractivity contribution is 0.0663. The number of likely N-dealkylation sites (N-methyl/N-ethyl adjacent to an activating group) is 1. The van der Waals surface area contributed by atoms with Gasteiger partial charge in [-0.25, -0.2) is 5.43 Å². The molecule has 0 spiro atoms. The number of nitrogens with two attached hydrogens (primary N) is 1. The van der Waals surface area contributed by atoms with Crippen LogP contribution in [0.3, 0.4) is 0 Å². The molecule has 0 amide bonds. The van der Waals surface area contributed by atoms with Gasteiger partial charge in [-0.05, 0) is 32.9 Å². The number of aromatic nitrogens is 2. The van der Waals surface area contributed by atoms with E-state index in [0.717, 1.165) is 38.2 Å². The van der Waals surface area contributed by atoms with Gasteiger partial charge in [0.2, 0.25) is 0 Å². The zero-order valence-electron chi connectivity index (χ0n) is 14.0. The summed E-state index contributed by atoms with van der Waals surface area (Å²) in [6.07, 6.45) is 3.70. The first-order chi connectivity index (χ1) is 9.99. The number of nitrogens with one attached hydrogen (secondary N) is 1. The van der Waals surface area contributed by atoms with E-state index in [1.165, 1.54) is 0 Å². The molecule has 2 unspecified atom stereocenters. The van der Waals surface area contributed by atoms with Crippen molar-refractivity contribution in [1.29, 1.82) is 0 Å². The quantitative estimate of drug-likeness (QED) is 0.543. The van der Waals surface area contributed by atoms with Gasteiger partial charge in [0, 0.05) is 12.1 Å². The number of hydrogen-bond donors (Lipinski definition) is 2. The fourth-order valence-corrected chi connectivity index (χ4v) is 3.41. The summed E-state index contributed by atoms with van der Waals surface area (Å²) in [6, 6.07) is -0.0658. The second kappa shape index (κ2) is 8.13. The molecule has 0 saturated heterocycles. The summed E-state index contributed by atoms with van der Waals surface area (Å²) >= 11 is 6.41. The molecule has 0 bridgehead atoms. The van der Waals surface area contributed by atoms with Crippen molar-refractivity contribution in [3.05, 3.63) is 16.9 Å². The highest BCUT2D eigenvalue weighted by Crippen LogP contribution is 2.36. The van der Waals surface area contributed by atoms with Gasteiger partial charge < -0.3 is 0 Å². The topological polar surface area (TPSA) is 59.1 Å². The average Bonchev–Trinajstić information content (AvgIpc) is 2.83. The maximum Gasteiger partial charge on any atom is 0.0835 e. The molecule has 1 rings (SSSR count). The number of hydrogen-bond acceptors (Lipinski definition) is 4. The zero-order valence-corrected chi connectivity index (χ0v) is 14.7. The minimum atomic E-state index is -0.118. The summed E-state index contributed by atoms with van der Waals surface area (Å²) in [5.74, 6) is 5.93. The normalized spacial score (nSPS) is 16.2. The predicted molar refractivity (Wildman–Crippen MR) is 89.2 cm³/mol. The van der Waals surface area contributed by atoms with E-state index in [-0.39, 0.29) is 11.6 Å². The van der Waals surface area contributed by atoms with Crippen molar-refractivity contribution in [3.8, 4) is 0 Å². The van der Waals surface area contributed by atoms with Crippen LogP contribution in [0.1, 0.15) is 59.2 Å². The van der Waals surface area contributed by atoms with Crippen molar-refractivity contribution in [2.24, 2.45) is 5.84 Å². The van der Waals surface area contributed by atoms with E-state index in [1.54, 1.807) is 6.20 Å². The molecule has 21 heavy (non-hydrogen) atoms. The van der Waals surface area contributed by atoms with Gasteiger partial charge in [-0.2, -0.15) is 5.10 Å². The Bertz CT molecular complexity index is 430. The summed E-state index contributed by atoms with van der Waals surface area (Å²) in [5.41, 5.74) is 3.86. The second-order valence-electron chi connectivity index (χ2n) is 5.58. The highest BCUT2D eigenvalue weighted by molar-refractivity contribution is 6.31. The fraction of sp³-hybridized carbons (Fsp3) is 0.800. The Hall–Kier alpha value is -0.620. The van der Waals surface area contributed by atoms with Gasteiger partial charge in [0.1, 0.15) is 0 Å². The zero-order chi connectivity index (χ0) is 16.0. The number of rotatable bonds is 9. The number of aryl methyl sites for hydroxylation is 1. The van der Waals surface area contributed by atoms with Crippen LogP contribution < -0.4 is 11.3 Å². The standard InChI is InChI=1S/C15H30ClN5/c1-6-10-21-13(12(16)11-18-21)14(19-17)15(5,7-2)20(8-3)9-4/h11,14,19H,6-10,17H2,1-5H3. The van der Waals surface area contributed by atoms with Crippen molar-refractivity contribution in [3.63, 3.8) is 0 Å². The smallest absolute Gasteiger partial charge is 0.0835 e. The molecule has 0 radical (unpaired) electrons. The first kappa shape index (κ1) is 18.4. The molecule has 1 aromatic heterocycles. The molecule has 122 valence electrons. The molecule has 6 heteroatoms. The molecule has 0 aromatic carbocycles. The Morgan fingerprint density at radius 3 is 2.43 bits per heavy atom. The monoisotopic (exact) mass is 315 g/mol. The van der Waals surface area contributed by atoms with Crippen molar-refractivity contribution >= 4 is 11.6 Å². The van der Waals surface area contributed by atoms with Crippen LogP contribution in [-0.2, 0) is 6.54 Å². The van der Waals surface area contributed by atoms with Gasteiger partial charge in [-0.1, -0.05) is 39.3 Å². The third kappa shape index (κ3) is 3.59. The first-order valence-electron chi connectivity index (χ1n) is 7.92. The summed E-state index contributed by atoms with van der Waals surface area (Å²) in [7, 11) is 0. The molecule has 0 aliphatic rings. The molecule has 0 aliphatic carbocycles. The van der Waals surface area contributed by atoms with Gasteiger partial charge in [0.05, 0.1) is 23.0 Å². The molecule has 3 N–H and O–H groups in total. The molecule has 0 fully saturated rings. The van der Waals surface area contributed by atoms with E-state index in [2.05, 4.69) is 50.0 Å². The summed E-state index contributed by atoms with van der Waals surface area (Å²) in [5, 5.41) is 5.08. The molecule has 2 atom stereocenters. The molecule has 0 aliphatic heterocycles. The van der Waals surface area contributed by atoms with Crippen LogP contribution in [0.25, 0.3) is 0 Å². The van der Waals surface area contributed by atoms with Gasteiger partial charge in [-0.3, -0.25) is 15.4 Å². The molecule has 1 aromatic rings. The highest BCUT2D eigenvalue weighted by Gasteiger charge is 2.40. The van der Waals surface area contributed by atoms with Crippen molar-refractivity contribution in [2.75, 3.05) is 13.1 Å². The van der Waals surface area contributed by atoms with Gasteiger partial charge in [-0.15, -0.1) is 0 Å². The highest BCUT2D eigenvalue weighted by atomic mass is 35.5. The van der Waals surface area contributed by atoms with E-state index < -0.39 is 0 Å². The molecule has 1 heterocycles. The Morgan fingerprint density at radius 1 is 1.38 bits per heavy atom. The maximum atomic E-state index is 6.41. The lowest BCUT2D eigenvalue weighted by atomic mass is 9.85. The SMILES string of the molecule is CCCn1ncc(Cl)c1C(NN)C(C)(CC)N(CC)CC. The van der Waals surface area contributed by atoms with Crippen LogP contribution in [0.2, 0.25) is 5.02 Å². The van der Waals surface area contributed by atoms with Crippen molar-refractivity contribution < 1.29 is 0 Å². The van der Waals surface area contributed by atoms with Crippen LogP contribution >= 0.6 is 11.6 Å². The lowest BCUT2D eigenvalue weighted by Gasteiger charge is -2.45. The third-order valence-electron chi connectivity index (χ3n) is 4.53. The van der Waals surface area contributed by atoms with E-state index in [4.69, 9.17) is 17.4 Å². The second-order valence-corrected chi connectivity index (χ2v) is 5.99. The van der Waals surface area contributed by atoms with Crippen molar-refractivity contribution in [2.45, 2.75) is 65.6 Å². The Morgan fingerprint density at radius 2 is 2.00 bits per heavy atom. The number of halogens is 1. The molecular formula is C15H30ClN5. The third-order valence-corrected chi connectivity index (χ3v) is 4.82. The number of nitrogens with zero attached hydrogens (tertiary/aromatic N) is 3. The molecule has 5 nitrogen and oxygen atoms in total. The fourth-order valence-electron chi connectivity index (χ4n) is 3.16. The number of hydrazine groups is 1. The van der Waals surface area contributed by atoms with Crippen LogP contribution in [0.5, 0.6) is 0 Å². The Labute approximate surface area is 133 Å². The van der Waals surface area contributed by atoms with Crippen LogP contribution in [-0.4, -0.2) is 33.3 Å². The minimum Gasteiger partial charge on any atom is -0.296 e. The molecular weight excluding hydrogens is 286 g/mol. The van der Waals surface area contributed by atoms with E-state index in [1.807, 2.05) is 4.68 Å². The lowest BCUT2D eigenvalue weighted by Crippen LogP contribution is -2.56. The predicted octanol–water partition coefficient (Wildman–Crippen LogP) is 2.96.